The minimum atomic E-state index is -0.00536. The van der Waals surface area contributed by atoms with E-state index in [0.717, 1.165) is 42.2 Å². The second kappa shape index (κ2) is 7.49. The SMILES string of the molecule is Cc1n[nH]c(C)c1NC(=O)CN1CCCC1COc1ccccc1. The zero-order valence-electron chi connectivity index (χ0n) is 14.2. The van der Waals surface area contributed by atoms with E-state index in [9.17, 15) is 4.79 Å². The fourth-order valence-electron chi connectivity index (χ4n) is 3.10. The van der Waals surface area contributed by atoms with Gasteiger partial charge in [-0.2, -0.15) is 5.10 Å². The van der Waals surface area contributed by atoms with Crippen LogP contribution in [0.1, 0.15) is 24.2 Å². The summed E-state index contributed by atoms with van der Waals surface area (Å²) in [5, 5.41) is 9.96. The van der Waals surface area contributed by atoms with E-state index in [2.05, 4.69) is 20.4 Å². The Morgan fingerprint density at radius 3 is 2.88 bits per heavy atom. The van der Waals surface area contributed by atoms with E-state index >= 15 is 0 Å². The maximum Gasteiger partial charge on any atom is 0.238 e. The molecule has 0 radical (unpaired) electrons. The summed E-state index contributed by atoms with van der Waals surface area (Å²) < 4.78 is 5.86. The van der Waals surface area contributed by atoms with Gasteiger partial charge in [-0.3, -0.25) is 14.8 Å². The van der Waals surface area contributed by atoms with Crippen LogP contribution in [0.4, 0.5) is 5.69 Å². The number of nitrogens with one attached hydrogen (secondary N) is 2. The minimum absolute atomic E-state index is 0.00536. The van der Waals surface area contributed by atoms with Crippen molar-refractivity contribution in [2.45, 2.75) is 32.7 Å². The minimum Gasteiger partial charge on any atom is -0.492 e. The number of ether oxygens (including phenoxy) is 1. The molecule has 3 rings (SSSR count). The van der Waals surface area contributed by atoms with Crippen molar-refractivity contribution in [3.05, 3.63) is 41.7 Å². The number of rotatable bonds is 6. The van der Waals surface area contributed by atoms with E-state index in [-0.39, 0.29) is 11.9 Å². The first-order valence-corrected chi connectivity index (χ1v) is 8.37. The third-order valence-corrected chi connectivity index (χ3v) is 4.42. The molecule has 1 saturated heterocycles. The van der Waals surface area contributed by atoms with E-state index in [1.54, 1.807) is 0 Å². The predicted octanol–water partition coefficient (Wildman–Crippen LogP) is 2.51. The van der Waals surface area contributed by atoms with E-state index in [0.29, 0.717) is 13.2 Å². The van der Waals surface area contributed by atoms with Crippen molar-refractivity contribution in [1.82, 2.24) is 15.1 Å². The first-order chi connectivity index (χ1) is 11.6. The van der Waals surface area contributed by atoms with Crippen LogP contribution in [-0.4, -0.2) is 46.7 Å². The Hall–Kier alpha value is -2.34. The van der Waals surface area contributed by atoms with Crippen LogP contribution >= 0.6 is 0 Å². The molecule has 2 aromatic rings. The predicted molar refractivity (Wildman–Crippen MR) is 93.2 cm³/mol. The Bertz CT molecular complexity index is 664. The Kier molecular flexibility index (Phi) is 5.15. The molecule has 24 heavy (non-hydrogen) atoms. The summed E-state index contributed by atoms with van der Waals surface area (Å²) in [6, 6.07) is 10.1. The van der Waals surface area contributed by atoms with Gasteiger partial charge in [-0.05, 0) is 45.4 Å². The molecule has 1 aliphatic heterocycles. The number of para-hydroxylation sites is 1. The highest BCUT2D eigenvalue weighted by atomic mass is 16.5. The smallest absolute Gasteiger partial charge is 0.238 e. The summed E-state index contributed by atoms with van der Waals surface area (Å²) in [6.07, 6.45) is 2.16. The highest BCUT2D eigenvalue weighted by Crippen LogP contribution is 2.20. The molecule has 1 atom stereocenters. The summed E-state index contributed by atoms with van der Waals surface area (Å²) in [4.78, 5) is 14.6. The van der Waals surface area contributed by atoms with Gasteiger partial charge in [-0.25, -0.2) is 0 Å². The highest BCUT2D eigenvalue weighted by molar-refractivity contribution is 5.93. The number of nitrogens with zero attached hydrogens (tertiary/aromatic N) is 2. The first-order valence-electron chi connectivity index (χ1n) is 8.37. The van der Waals surface area contributed by atoms with Gasteiger partial charge in [0.05, 0.1) is 23.6 Å². The summed E-state index contributed by atoms with van der Waals surface area (Å²) in [5.41, 5.74) is 2.48. The molecule has 0 bridgehead atoms. The molecule has 1 aromatic carbocycles. The van der Waals surface area contributed by atoms with E-state index in [1.165, 1.54) is 0 Å². The molecule has 0 saturated carbocycles. The van der Waals surface area contributed by atoms with Gasteiger partial charge in [0, 0.05) is 6.04 Å². The van der Waals surface area contributed by atoms with Gasteiger partial charge < -0.3 is 10.1 Å². The number of aryl methyl sites for hydroxylation is 2. The van der Waals surface area contributed by atoms with Gasteiger partial charge in [-0.15, -0.1) is 0 Å². The van der Waals surface area contributed by atoms with Gasteiger partial charge in [0.1, 0.15) is 12.4 Å². The summed E-state index contributed by atoms with van der Waals surface area (Å²) in [6.45, 7) is 5.71. The summed E-state index contributed by atoms with van der Waals surface area (Å²) >= 11 is 0. The second-order valence-corrected chi connectivity index (χ2v) is 6.25. The van der Waals surface area contributed by atoms with E-state index in [4.69, 9.17) is 4.74 Å². The van der Waals surface area contributed by atoms with Gasteiger partial charge in [0.15, 0.2) is 0 Å². The van der Waals surface area contributed by atoms with Crippen molar-refractivity contribution >= 4 is 11.6 Å². The van der Waals surface area contributed by atoms with Gasteiger partial charge >= 0.3 is 0 Å². The maximum atomic E-state index is 12.4. The average molecular weight is 328 g/mol. The number of carbonyl (C=O) groups excluding carboxylic acids is 1. The number of aromatic amines is 1. The molecule has 1 aromatic heterocycles. The lowest BCUT2D eigenvalue weighted by molar-refractivity contribution is -0.117. The molecule has 1 unspecified atom stereocenters. The van der Waals surface area contributed by atoms with Crippen LogP contribution in [0.25, 0.3) is 0 Å². The van der Waals surface area contributed by atoms with Crippen LogP contribution < -0.4 is 10.1 Å². The van der Waals surface area contributed by atoms with Crippen molar-refractivity contribution < 1.29 is 9.53 Å². The van der Waals surface area contributed by atoms with Crippen LogP contribution in [0, 0.1) is 13.8 Å². The Balaban J connectivity index is 1.53. The maximum absolute atomic E-state index is 12.4. The standard InChI is InChI=1S/C18H24N4O2/c1-13-18(14(2)21-20-13)19-17(23)11-22-10-6-7-15(22)12-24-16-8-4-3-5-9-16/h3-5,8-9,15H,6-7,10-12H2,1-2H3,(H,19,23)(H,20,21). The molecular weight excluding hydrogens is 304 g/mol. The number of anilines is 1. The molecule has 1 amide bonds. The van der Waals surface area contributed by atoms with Crippen molar-refractivity contribution in [2.24, 2.45) is 0 Å². The molecule has 2 N–H and O–H groups in total. The van der Waals surface area contributed by atoms with Crippen molar-refractivity contribution in [3.63, 3.8) is 0 Å². The zero-order chi connectivity index (χ0) is 16.9. The molecule has 6 heteroatoms. The van der Waals surface area contributed by atoms with Crippen LogP contribution in [0.3, 0.4) is 0 Å². The number of likely N-dealkylation sites (tertiary alicyclic amines) is 1. The summed E-state index contributed by atoms with van der Waals surface area (Å²) in [7, 11) is 0. The number of benzene rings is 1. The molecule has 0 spiro atoms. The average Bonchev–Trinajstić information content (AvgIpc) is 3.15. The number of carbonyl (C=O) groups is 1. The van der Waals surface area contributed by atoms with Crippen molar-refractivity contribution in [3.8, 4) is 5.75 Å². The Morgan fingerprint density at radius 2 is 2.17 bits per heavy atom. The number of amides is 1. The molecule has 2 heterocycles. The lowest BCUT2D eigenvalue weighted by Gasteiger charge is -2.24. The third kappa shape index (κ3) is 3.94. The van der Waals surface area contributed by atoms with Gasteiger partial charge in [-0.1, -0.05) is 18.2 Å². The topological polar surface area (TPSA) is 70.2 Å². The quantitative estimate of drug-likeness (QED) is 0.855. The monoisotopic (exact) mass is 328 g/mol. The second-order valence-electron chi connectivity index (χ2n) is 6.25. The molecule has 6 nitrogen and oxygen atoms in total. The number of hydrogen-bond donors (Lipinski definition) is 2. The molecular formula is C18H24N4O2. The Morgan fingerprint density at radius 1 is 1.38 bits per heavy atom. The third-order valence-electron chi connectivity index (χ3n) is 4.42. The normalized spacial score (nSPS) is 17.8. The fraction of sp³-hybridized carbons (Fsp3) is 0.444. The van der Waals surface area contributed by atoms with Crippen LogP contribution in [0.5, 0.6) is 5.75 Å². The van der Waals surface area contributed by atoms with Gasteiger partial charge in [0.2, 0.25) is 5.91 Å². The first kappa shape index (κ1) is 16.5. The number of H-pyrrole nitrogens is 1. The van der Waals surface area contributed by atoms with Crippen LogP contribution in [-0.2, 0) is 4.79 Å². The van der Waals surface area contributed by atoms with Crippen LogP contribution in [0.2, 0.25) is 0 Å². The lowest BCUT2D eigenvalue weighted by Crippen LogP contribution is -2.39. The fourth-order valence-corrected chi connectivity index (χ4v) is 3.10. The largest absolute Gasteiger partial charge is 0.492 e. The van der Waals surface area contributed by atoms with E-state index in [1.807, 2.05) is 44.2 Å². The van der Waals surface area contributed by atoms with Gasteiger partial charge in [0.25, 0.3) is 0 Å². The van der Waals surface area contributed by atoms with Crippen molar-refractivity contribution in [2.75, 3.05) is 25.0 Å². The van der Waals surface area contributed by atoms with Crippen LogP contribution in [0.15, 0.2) is 30.3 Å². The number of hydrogen-bond acceptors (Lipinski definition) is 4. The molecule has 1 aliphatic rings. The highest BCUT2D eigenvalue weighted by Gasteiger charge is 2.27. The van der Waals surface area contributed by atoms with Crippen molar-refractivity contribution in [1.29, 1.82) is 0 Å². The molecule has 128 valence electrons. The number of aromatic nitrogens is 2. The van der Waals surface area contributed by atoms with E-state index < -0.39 is 0 Å². The Labute approximate surface area is 142 Å². The zero-order valence-corrected chi connectivity index (χ0v) is 14.2. The molecule has 0 aliphatic carbocycles. The molecule has 1 fully saturated rings. The lowest BCUT2D eigenvalue weighted by atomic mass is 10.2. The summed E-state index contributed by atoms with van der Waals surface area (Å²) in [5.74, 6) is 0.868.